The number of halogens is 1. The number of nitrogens with zero attached hydrogens (tertiary/aromatic N) is 2. The van der Waals surface area contributed by atoms with Gasteiger partial charge < -0.3 is 4.74 Å². The molecule has 1 aromatic heterocycles. The SMILES string of the molecule is COc1cc(Cl)cc(C#N)n1. The van der Waals surface area contributed by atoms with Gasteiger partial charge in [0.1, 0.15) is 11.8 Å². The number of aromatic nitrogens is 1. The maximum atomic E-state index is 8.46. The summed E-state index contributed by atoms with van der Waals surface area (Å²) in [6.07, 6.45) is 0. The van der Waals surface area contributed by atoms with Crippen LogP contribution in [0.5, 0.6) is 5.88 Å². The Labute approximate surface area is 69.2 Å². The summed E-state index contributed by atoms with van der Waals surface area (Å²) in [5.74, 6) is 0.356. The molecule has 0 aliphatic heterocycles. The Kier molecular flexibility index (Phi) is 2.29. The second-order valence-electron chi connectivity index (χ2n) is 1.82. The lowest BCUT2D eigenvalue weighted by Crippen LogP contribution is -1.89. The van der Waals surface area contributed by atoms with E-state index in [1.807, 2.05) is 6.07 Å². The monoisotopic (exact) mass is 168 g/mol. The van der Waals surface area contributed by atoms with E-state index < -0.39 is 0 Å². The molecule has 1 aromatic rings. The van der Waals surface area contributed by atoms with E-state index in [1.165, 1.54) is 13.2 Å². The highest BCUT2D eigenvalue weighted by molar-refractivity contribution is 6.30. The summed E-state index contributed by atoms with van der Waals surface area (Å²) >= 11 is 5.64. The maximum absolute atomic E-state index is 8.46. The quantitative estimate of drug-likeness (QED) is 0.640. The highest BCUT2D eigenvalue weighted by Crippen LogP contribution is 2.15. The molecule has 0 atom stereocenters. The maximum Gasteiger partial charge on any atom is 0.215 e. The van der Waals surface area contributed by atoms with Crippen LogP contribution in [0.25, 0.3) is 0 Å². The summed E-state index contributed by atoms with van der Waals surface area (Å²) in [7, 11) is 1.47. The predicted octanol–water partition coefficient (Wildman–Crippen LogP) is 1.62. The van der Waals surface area contributed by atoms with Gasteiger partial charge in [0.05, 0.1) is 7.11 Å². The summed E-state index contributed by atoms with van der Waals surface area (Å²) in [4.78, 5) is 3.80. The summed E-state index contributed by atoms with van der Waals surface area (Å²) < 4.78 is 4.79. The van der Waals surface area contributed by atoms with Crippen molar-refractivity contribution < 1.29 is 4.74 Å². The molecule has 0 aliphatic carbocycles. The normalized spacial score (nSPS) is 8.82. The molecular weight excluding hydrogens is 164 g/mol. The fourth-order valence-electron chi connectivity index (χ4n) is 0.635. The molecule has 0 saturated heterocycles. The van der Waals surface area contributed by atoms with E-state index in [0.717, 1.165) is 0 Å². The molecule has 0 N–H and O–H groups in total. The van der Waals surface area contributed by atoms with E-state index in [1.54, 1.807) is 6.07 Å². The molecule has 3 nitrogen and oxygen atoms in total. The van der Waals surface area contributed by atoms with Crippen LogP contribution in [-0.2, 0) is 0 Å². The number of hydrogen-bond acceptors (Lipinski definition) is 3. The van der Waals surface area contributed by atoms with E-state index >= 15 is 0 Å². The Morgan fingerprint density at radius 2 is 2.36 bits per heavy atom. The third kappa shape index (κ3) is 1.82. The van der Waals surface area contributed by atoms with Crippen LogP contribution in [0.2, 0.25) is 5.02 Å². The molecule has 1 heterocycles. The fraction of sp³-hybridized carbons (Fsp3) is 0.143. The average molecular weight is 169 g/mol. The van der Waals surface area contributed by atoms with E-state index in [2.05, 4.69) is 4.98 Å². The third-order valence-electron chi connectivity index (χ3n) is 1.09. The highest BCUT2D eigenvalue weighted by atomic mass is 35.5. The van der Waals surface area contributed by atoms with Crippen molar-refractivity contribution in [3.05, 3.63) is 22.8 Å². The first-order valence-corrected chi connectivity index (χ1v) is 3.25. The zero-order valence-electron chi connectivity index (χ0n) is 5.84. The van der Waals surface area contributed by atoms with Gasteiger partial charge >= 0.3 is 0 Å². The molecule has 0 unspecified atom stereocenters. The minimum Gasteiger partial charge on any atom is -0.481 e. The predicted molar refractivity (Wildman–Crippen MR) is 40.5 cm³/mol. The van der Waals surface area contributed by atoms with Crippen molar-refractivity contribution in [3.8, 4) is 11.9 Å². The summed E-state index contributed by atoms with van der Waals surface area (Å²) in [6, 6.07) is 4.89. The van der Waals surface area contributed by atoms with Crippen LogP contribution in [0.1, 0.15) is 5.69 Å². The summed E-state index contributed by atoms with van der Waals surface area (Å²) in [5, 5.41) is 8.91. The van der Waals surface area contributed by atoms with Gasteiger partial charge in [0, 0.05) is 11.1 Å². The number of nitriles is 1. The topological polar surface area (TPSA) is 45.9 Å². The molecule has 0 radical (unpaired) electrons. The molecular formula is C7H5ClN2O. The number of methoxy groups -OCH3 is 1. The van der Waals surface area contributed by atoms with Crippen molar-refractivity contribution in [2.24, 2.45) is 0 Å². The average Bonchev–Trinajstić information content (AvgIpc) is 2.03. The molecule has 11 heavy (non-hydrogen) atoms. The smallest absolute Gasteiger partial charge is 0.215 e. The van der Waals surface area contributed by atoms with Crippen LogP contribution in [-0.4, -0.2) is 12.1 Å². The van der Waals surface area contributed by atoms with Crippen molar-refractivity contribution in [3.63, 3.8) is 0 Å². The molecule has 0 saturated carbocycles. The molecule has 0 aromatic carbocycles. The van der Waals surface area contributed by atoms with Crippen molar-refractivity contribution in [1.29, 1.82) is 5.26 Å². The standard InChI is InChI=1S/C7H5ClN2O/c1-11-7-3-5(8)2-6(4-9)10-7/h2-3H,1H3. The van der Waals surface area contributed by atoms with Gasteiger partial charge in [-0.25, -0.2) is 4.98 Å². The van der Waals surface area contributed by atoms with E-state index in [0.29, 0.717) is 10.9 Å². The van der Waals surface area contributed by atoms with Crippen molar-refractivity contribution in [2.45, 2.75) is 0 Å². The van der Waals surface area contributed by atoms with Crippen LogP contribution in [0, 0.1) is 11.3 Å². The highest BCUT2D eigenvalue weighted by Gasteiger charge is 1.98. The first-order chi connectivity index (χ1) is 5.26. The Balaban J connectivity index is 3.15. The Bertz CT molecular complexity index is 306. The van der Waals surface area contributed by atoms with E-state index in [4.69, 9.17) is 21.6 Å². The van der Waals surface area contributed by atoms with Crippen LogP contribution in [0.15, 0.2) is 12.1 Å². The molecule has 0 spiro atoms. The number of ether oxygens (including phenoxy) is 1. The van der Waals surface area contributed by atoms with Gasteiger partial charge in [-0.15, -0.1) is 0 Å². The second kappa shape index (κ2) is 3.22. The third-order valence-corrected chi connectivity index (χ3v) is 1.31. The Morgan fingerprint density at radius 1 is 1.64 bits per heavy atom. The lowest BCUT2D eigenvalue weighted by Gasteiger charge is -1.97. The van der Waals surface area contributed by atoms with E-state index in [9.17, 15) is 0 Å². The molecule has 0 aliphatic rings. The lowest BCUT2D eigenvalue weighted by atomic mass is 10.4. The molecule has 0 fully saturated rings. The van der Waals surface area contributed by atoms with Gasteiger partial charge in [-0.3, -0.25) is 0 Å². The van der Waals surface area contributed by atoms with E-state index in [-0.39, 0.29) is 5.69 Å². The van der Waals surface area contributed by atoms with Crippen LogP contribution >= 0.6 is 11.6 Å². The van der Waals surface area contributed by atoms with Crippen LogP contribution in [0.4, 0.5) is 0 Å². The molecule has 4 heteroatoms. The first-order valence-electron chi connectivity index (χ1n) is 2.88. The zero-order chi connectivity index (χ0) is 8.27. The second-order valence-corrected chi connectivity index (χ2v) is 2.26. The number of rotatable bonds is 1. The molecule has 0 amide bonds. The number of pyridine rings is 1. The largest absolute Gasteiger partial charge is 0.481 e. The summed E-state index contributed by atoms with van der Waals surface area (Å²) in [6.45, 7) is 0. The first kappa shape index (κ1) is 7.83. The Morgan fingerprint density at radius 3 is 2.91 bits per heavy atom. The van der Waals surface area contributed by atoms with Gasteiger partial charge in [-0.05, 0) is 6.07 Å². The number of hydrogen-bond donors (Lipinski definition) is 0. The summed E-state index contributed by atoms with van der Waals surface area (Å²) in [5.41, 5.74) is 0.259. The lowest BCUT2D eigenvalue weighted by molar-refractivity contribution is 0.397. The fourth-order valence-corrected chi connectivity index (χ4v) is 0.832. The van der Waals surface area contributed by atoms with Crippen LogP contribution < -0.4 is 4.74 Å². The van der Waals surface area contributed by atoms with Crippen LogP contribution in [0.3, 0.4) is 0 Å². The van der Waals surface area contributed by atoms with Crippen molar-refractivity contribution in [1.82, 2.24) is 4.98 Å². The van der Waals surface area contributed by atoms with Gasteiger partial charge in [-0.1, -0.05) is 11.6 Å². The van der Waals surface area contributed by atoms with Gasteiger partial charge in [0.25, 0.3) is 0 Å². The minimum absolute atomic E-state index is 0.259. The Hall–Kier alpha value is -1.27. The van der Waals surface area contributed by atoms with Gasteiger partial charge in [0.2, 0.25) is 5.88 Å². The molecule has 1 rings (SSSR count). The van der Waals surface area contributed by atoms with Gasteiger partial charge in [-0.2, -0.15) is 5.26 Å². The molecule has 0 bridgehead atoms. The zero-order valence-corrected chi connectivity index (χ0v) is 6.59. The van der Waals surface area contributed by atoms with Crippen molar-refractivity contribution >= 4 is 11.6 Å². The van der Waals surface area contributed by atoms with Crippen molar-refractivity contribution in [2.75, 3.05) is 7.11 Å². The minimum atomic E-state index is 0.259. The van der Waals surface area contributed by atoms with Gasteiger partial charge in [0.15, 0.2) is 0 Å². The molecule has 56 valence electrons.